The Bertz CT molecular complexity index is 1280. The minimum atomic E-state index is 0.618. The van der Waals surface area contributed by atoms with Crippen molar-refractivity contribution in [1.82, 2.24) is 4.98 Å². The van der Waals surface area contributed by atoms with Crippen LogP contribution in [0.1, 0.15) is 5.56 Å². The second kappa shape index (κ2) is 5.03. The second-order valence-corrected chi connectivity index (χ2v) is 6.85. The number of rotatable bonds is 0. The lowest BCUT2D eigenvalue weighted by Gasteiger charge is -2.30. The van der Waals surface area contributed by atoms with Gasteiger partial charge in [0, 0.05) is 18.3 Å². The molecular weight excluding hydrogens is 320 g/mol. The third kappa shape index (κ3) is 1.77. The Balaban J connectivity index is 2.04. The maximum atomic E-state index is 7.43. The van der Waals surface area contributed by atoms with Crippen molar-refractivity contribution in [3.8, 4) is 11.3 Å². The van der Waals surface area contributed by atoms with Gasteiger partial charge in [0.05, 0.1) is 24.7 Å². The SMILES string of the molecule is [C-]#[N+]c1cc2c3c([n+](C)cnc3c1)-c1c(cc3ccccc3c1C)N2C. The molecule has 0 bridgehead atoms. The van der Waals surface area contributed by atoms with Gasteiger partial charge in [-0.05, 0) is 41.5 Å². The summed E-state index contributed by atoms with van der Waals surface area (Å²) in [6.07, 6.45) is 1.85. The van der Waals surface area contributed by atoms with E-state index in [-0.39, 0.29) is 0 Å². The predicted molar refractivity (Wildman–Crippen MR) is 105 cm³/mol. The molecule has 0 saturated heterocycles. The minimum absolute atomic E-state index is 0.618. The Hall–Kier alpha value is -3.45. The molecule has 1 aliphatic heterocycles. The fourth-order valence-electron chi connectivity index (χ4n) is 4.16. The molecule has 0 N–H and O–H groups in total. The van der Waals surface area contributed by atoms with Crippen LogP contribution in [0.4, 0.5) is 17.1 Å². The van der Waals surface area contributed by atoms with Gasteiger partial charge in [0.2, 0.25) is 0 Å². The highest BCUT2D eigenvalue weighted by Gasteiger charge is 2.31. The van der Waals surface area contributed by atoms with Crippen molar-refractivity contribution in [2.75, 3.05) is 11.9 Å². The maximum Gasteiger partial charge on any atom is 0.287 e. The first kappa shape index (κ1) is 14.9. The van der Waals surface area contributed by atoms with Crippen molar-refractivity contribution >= 4 is 38.7 Å². The van der Waals surface area contributed by atoms with Crippen molar-refractivity contribution in [3.63, 3.8) is 0 Å². The average molecular weight is 337 g/mol. The Morgan fingerprint density at radius 2 is 1.92 bits per heavy atom. The van der Waals surface area contributed by atoms with Gasteiger partial charge in [0.1, 0.15) is 5.69 Å². The highest BCUT2D eigenvalue weighted by atomic mass is 15.1. The normalized spacial score (nSPS) is 12.3. The van der Waals surface area contributed by atoms with Crippen molar-refractivity contribution in [2.45, 2.75) is 6.92 Å². The van der Waals surface area contributed by atoms with Crippen LogP contribution in [0.5, 0.6) is 0 Å². The standard InChI is InChI=1S/C22H17N4/c1-13-16-8-6-5-7-14(16)9-18-20(13)22-21-17(24-12-25(22)3)10-15(23-2)11-19(21)26(18)4/h5-12H,1,3-4H3/q+1. The Labute approximate surface area is 151 Å². The summed E-state index contributed by atoms with van der Waals surface area (Å²) in [4.78, 5) is 10.4. The van der Waals surface area contributed by atoms with Crippen molar-refractivity contribution in [2.24, 2.45) is 7.05 Å². The summed E-state index contributed by atoms with van der Waals surface area (Å²) in [6.45, 7) is 9.63. The summed E-state index contributed by atoms with van der Waals surface area (Å²) in [6, 6.07) is 14.6. The van der Waals surface area contributed by atoms with Crippen LogP contribution in [-0.2, 0) is 7.05 Å². The Morgan fingerprint density at radius 3 is 2.73 bits per heavy atom. The van der Waals surface area contributed by atoms with Crippen LogP contribution in [0.2, 0.25) is 0 Å². The van der Waals surface area contributed by atoms with E-state index in [1.807, 2.05) is 25.5 Å². The minimum Gasteiger partial charge on any atom is -0.344 e. The molecule has 0 spiro atoms. The van der Waals surface area contributed by atoms with E-state index in [1.54, 1.807) is 0 Å². The largest absolute Gasteiger partial charge is 0.344 e. The molecule has 0 radical (unpaired) electrons. The molecule has 2 heterocycles. The van der Waals surface area contributed by atoms with Gasteiger partial charge in [-0.15, -0.1) is 0 Å². The van der Waals surface area contributed by atoms with E-state index in [0.717, 1.165) is 22.3 Å². The lowest BCUT2D eigenvalue weighted by atomic mass is 9.90. The third-order valence-electron chi connectivity index (χ3n) is 5.42. The van der Waals surface area contributed by atoms with E-state index >= 15 is 0 Å². The monoisotopic (exact) mass is 337 g/mol. The van der Waals surface area contributed by atoms with Crippen LogP contribution in [0, 0.1) is 13.5 Å². The van der Waals surface area contributed by atoms with E-state index in [2.05, 4.69) is 63.6 Å². The number of hydrogen-bond acceptors (Lipinski definition) is 2. The van der Waals surface area contributed by atoms with E-state index in [0.29, 0.717) is 5.69 Å². The van der Waals surface area contributed by atoms with Crippen LogP contribution < -0.4 is 9.47 Å². The summed E-state index contributed by atoms with van der Waals surface area (Å²) >= 11 is 0. The first-order valence-electron chi connectivity index (χ1n) is 8.56. The van der Waals surface area contributed by atoms with Crippen LogP contribution >= 0.6 is 0 Å². The molecule has 0 unspecified atom stereocenters. The zero-order valence-corrected chi connectivity index (χ0v) is 14.9. The fraction of sp³-hybridized carbons (Fsp3) is 0.136. The lowest BCUT2D eigenvalue weighted by molar-refractivity contribution is -0.662. The van der Waals surface area contributed by atoms with E-state index in [4.69, 9.17) is 6.57 Å². The molecule has 124 valence electrons. The van der Waals surface area contributed by atoms with Crippen LogP contribution in [0.15, 0.2) is 48.8 Å². The first-order valence-corrected chi connectivity index (χ1v) is 8.56. The van der Waals surface area contributed by atoms with E-state index in [1.165, 1.54) is 27.6 Å². The van der Waals surface area contributed by atoms with Crippen LogP contribution in [-0.4, -0.2) is 12.0 Å². The molecule has 4 heteroatoms. The highest BCUT2D eigenvalue weighted by molar-refractivity contribution is 6.12. The summed E-state index contributed by atoms with van der Waals surface area (Å²) in [7, 11) is 4.11. The molecular formula is C22H17N4+. The number of fused-ring (bicyclic) bond motifs is 3. The zero-order valence-electron chi connectivity index (χ0n) is 14.9. The summed E-state index contributed by atoms with van der Waals surface area (Å²) < 4.78 is 2.09. The summed E-state index contributed by atoms with van der Waals surface area (Å²) in [5.41, 5.74) is 7.36. The zero-order chi connectivity index (χ0) is 18.0. The topological polar surface area (TPSA) is 24.4 Å². The Kier molecular flexibility index (Phi) is 2.87. The Morgan fingerprint density at radius 1 is 1.12 bits per heavy atom. The molecule has 0 fully saturated rings. The average Bonchev–Trinajstić information content (AvgIpc) is 2.67. The lowest BCUT2D eigenvalue weighted by Crippen LogP contribution is -2.34. The molecule has 4 aromatic rings. The van der Waals surface area contributed by atoms with Crippen LogP contribution in [0.25, 0.3) is 37.8 Å². The van der Waals surface area contributed by atoms with E-state index < -0.39 is 0 Å². The predicted octanol–water partition coefficient (Wildman–Crippen LogP) is 4.82. The van der Waals surface area contributed by atoms with Gasteiger partial charge in [0.25, 0.3) is 6.33 Å². The quantitative estimate of drug-likeness (QED) is 0.339. The smallest absolute Gasteiger partial charge is 0.287 e. The van der Waals surface area contributed by atoms with Crippen LogP contribution in [0.3, 0.4) is 0 Å². The van der Waals surface area contributed by atoms with Gasteiger partial charge in [0.15, 0.2) is 11.2 Å². The maximum absolute atomic E-state index is 7.43. The van der Waals surface area contributed by atoms with Gasteiger partial charge >= 0.3 is 0 Å². The van der Waals surface area contributed by atoms with Gasteiger partial charge < -0.3 is 4.90 Å². The van der Waals surface area contributed by atoms with Crippen molar-refractivity contribution in [1.29, 1.82) is 0 Å². The van der Waals surface area contributed by atoms with Crippen molar-refractivity contribution < 1.29 is 4.57 Å². The molecule has 3 aromatic carbocycles. The number of nitrogens with zero attached hydrogens (tertiary/aromatic N) is 4. The number of aryl methyl sites for hydroxylation is 2. The highest BCUT2D eigenvalue weighted by Crippen LogP contribution is 2.49. The van der Waals surface area contributed by atoms with Gasteiger partial charge in [-0.3, -0.25) is 0 Å². The van der Waals surface area contributed by atoms with Crippen molar-refractivity contribution in [3.05, 3.63) is 65.8 Å². The first-order chi connectivity index (χ1) is 12.6. The second-order valence-electron chi connectivity index (χ2n) is 6.85. The number of benzene rings is 3. The summed E-state index contributed by atoms with van der Waals surface area (Å²) in [5.74, 6) is 0. The summed E-state index contributed by atoms with van der Waals surface area (Å²) in [5, 5.41) is 3.61. The molecule has 5 rings (SSSR count). The molecule has 1 aromatic heterocycles. The number of anilines is 2. The van der Waals surface area contributed by atoms with Gasteiger partial charge in [-0.1, -0.05) is 29.2 Å². The molecule has 0 atom stereocenters. The molecule has 0 amide bonds. The molecule has 1 aliphatic rings. The molecule has 26 heavy (non-hydrogen) atoms. The molecule has 4 nitrogen and oxygen atoms in total. The fourth-order valence-corrected chi connectivity index (χ4v) is 4.16. The third-order valence-corrected chi connectivity index (χ3v) is 5.42. The van der Waals surface area contributed by atoms with Gasteiger partial charge in [-0.2, -0.15) is 0 Å². The molecule has 0 aliphatic carbocycles. The van der Waals surface area contributed by atoms with E-state index in [9.17, 15) is 0 Å². The molecule has 0 saturated carbocycles. The number of hydrogen-bond donors (Lipinski definition) is 0. The number of aromatic nitrogens is 2. The van der Waals surface area contributed by atoms with Gasteiger partial charge in [-0.25, -0.2) is 9.41 Å².